The molecule has 0 bridgehead atoms. The van der Waals surface area contributed by atoms with Crippen LogP contribution in [0.4, 0.5) is 0 Å². The third-order valence-electron chi connectivity index (χ3n) is 3.06. The highest BCUT2D eigenvalue weighted by Gasteiger charge is 2.31. The highest BCUT2D eigenvalue weighted by molar-refractivity contribution is 5.73. The minimum atomic E-state index is 0.0639. The summed E-state index contributed by atoms with van der Waals surface area (Å²) < 4.78 is 0. The number of hydrogen-bond acceptors (Lipinski definition) is 2. The maximum Gasteiger partial charge on any atom is 0.217 e. The number of rotatable bonds is 6. The van der Waals surface area contributed by atoms with E-state index in [2.05, 4.69) is 23.4 Å². The zero-order chi connectivity index (χ0) is 12.0. The number of carbonyl (C=O) groups excluding carboxylic acids is 1. The topological polar surface area (TPSA) is 32.3 Å². The Balaban J connectivity index is 2.61. The van der Waals surface area contributed by atoms with E-state index < -0.39 is 0 Å². The molecule has 3 heteroatoms. The monoisotopic (exact) mass is 222 g/mol. The van der Waals surface area contributed by atoms with Gasteiger partial charge in [0.15, 0.2) is 0 Å². The van der Waals surface area contributed by atoms with Gasteiger partial charge in [-0.05, 0) is 19.3 Å². The second-order valence-corrected chi connectivity index (χ2v) is 4.34. The second kappa shape index (κ2) is 6.48. The average Bonchev–Trinajstić information content (AvgIpc) is 2.64. The Morgan fingerprint density at radius 3 is 2.50 bits per heavy atom. The van der Waals surface area contributed by atoms with E-state index in [9.17, 15) is 4.79 Å². The molecule has 0 spiro atoms. The number of carbonyl (C=O) groups is 1. The Labute approximate surface area is 98.2 Å². The van der Waals surface area contributed by atoms with E-state index in [1.807, 2.05) is 12.2 Å². The third kappa shape index (κ3) is 3.49. The van der Waals surface area contributed by atoms with Crippen LogP contribution in [0.2, 0.25) is 0 Å². The predicted octanol–water partition coefficient (Wildman–Crippen LogP) is 1.72. The van der Waals surface area contributed by atoms with Crippen molar-refractivity contribution in [1.82, 2.24) is 10.2 Å². The van der Waals surface area contributed by atoms with Gasteiger partial charge < -0.3 is 5.32 Å². The van der Waals surface area contributed by atoms with E-state index in [1.54, 1.807) is 6.92 Å². The van der Waals surface area contributed by atoms with Crippen molar-refractivity contribution in [3.63, 3.8) is 0 Å². The van der Waals surface area contributed by atoms with Gasteiger partial charge in [-0.3, -0.25) is 9.69 Å². The first-order chi connectivity index (χ1) is 7.69. The molecule has 1 aliphatic rings. The van der Waals surface area contributed by atoms with Crippen LogP contribution in [0.25, 0.3) is 0 Å². The van der Waals surface area contributed by atoms with Crippen LogP contribution in [0.5, 0.6) is 0 Å². The number of amides is 1. The van der Waals surface area contributed by atoms with Crippen molar-refractivity contribution in [2.75, 3.05) is 13.1 Å². The molecule has 2 atom stereocenters. The standard InChI is InChI=1S/C13H22N2O/c1-4-9-15(10-5-2)13-8-6-7-12(13)14-11(3)16/h4-5,12-13H,1-2,6-10H2,3H3,(H,14,16)/t12-,13-/m1/s1. The van der Waals surface area contributed by atoms with Crippen molar-refractivity contribution in [3.8, 4) is 0 Å². The molecule has 3 nitrogen and oxygen atoms in total. The third-order valence-corrected chi connectivity index (χ3v) is 3.06. The van der Waals surface area contributed by atoms with Gasteiger partial charge in [0.1, 0.15) is 0 Å². The van der Waals surface area contributed by atoms with Crippen molar-refractivity contribution < 1.29 is 4.79 Å². The predicted molar refractivity (Wildman–Crippen MR) is 67.2 cm³/mol. The molecule has 0 aromatic heterocycles. The van der Waals surface area contributed by atoms with Crippen LogP contribution in [0.3, 0.4) is 0 Å². The van der Waals surface area contributed by atoms with Gasteiger partial charge in [0, 0.05) is 32.1 Å². The number of nitrogens with one attached hydrogen (secondary N) is 1. The summed E-state index contributed by atoms with van der Waals surface area (Å²) in [6.45, 7) is 10.8. The summed E-state index contributed by atoms with van der Waals surface area (Å²) in [5.74, 6) is 0.0639. The van der Waals surface area contributed by atoms with Gasteiger partial charge in [0.2, 0.25) is 5.91 Å². The summed E-state index contributed by atoms with van der Waals surface area (Å²) in [5, 5.41) is 3.04. The number of nitrogens with zero attached hydrogens (tertiary/aromatic N) is 1. The van der Waals surface area contributed by atoms with Crippen LogP contribution in [0.1, 0.15) is 26.2 Å². The molecule has 0 aliphatic heterocycles. The zero-order valence-corrected chi connectivity index (χ0v) is 10.1. The van der Waals surface area contributed by atoms with Gasteiger partial charge in [-0.2, -0.15) is 0 Å². The van der Waals surface area contributed by atoms with Gasteiger partial charge in [0.25, 0.3) is 0 Å². The van der Waals surface area contributed by atoms with Gasteiger partial charge >= 0.3 is 0 Å². The van der Waals surface area contributed by atoms with Crippen molar-refractivity contribution in [2.24, 2.45) is 0 Å². The lowest BCUT2D eigenvalue weighted by molar-refractivity contribution is -0.120. The quantitative estimate of drug-likeness (QED) is 0.694. The normalized spacial score (nSPS) is 24.4. The molecule has 0 radical (unpaired) electrons. The number of hydrogen-bond donors (Lipinski definition) is 1. The lowest BCUT2D eigenvalue weighted by atomic mass is 10.1. The molecule has 16 heavy (non-hydrogen) atoms. The molecule has 0 saturated heterocycles. The highest BCUT2D eigenvalue weighted by atomic mass is 16.1. The molecule has 1 N–H and O–H groups in total. The van der Waals surface area contributed by atoms with Crippen LogP contribution in [-0.2, 0) is 4.79 Å². The van der Waals surface area contributed by atoms with Gasteiger partial charge in [-0.1, -0.05) is 12.2 Å². The van der Waals surface area contributed by atoms with Crippen molar-refractivity contribution >= 4 is 5.91 Å². The Bertz CT molecular complexity index is 253. The second-order valence-electron chi connectivity index (χ2n) is 4.34. The Morgan fingerprint density at radius 2 is 2.00 bits per heavy atom. The highest BCUT2D eigenvalue weighted by Crippen LogP contribution is 2.24. The fraction of sp³-hybridized carbons (Fsp3) is 0.615. The van der Waals surface area contributed by atoms with Crippen LogP contribution < -0.4 is 5.32 Å². The maximum absolute atomic E-state index is 11.1. The van der Waals surface area contributed by atoms with Crippen molar-refractivity contribution in [2.45, 2.75) is 38.3 Å². The molecule has 1 aliphatic carbocycles. The molecule has 1 fully saturated rings. The summed E-state index contributed by atoms with van der Waals surface area (Å²) in [5.41, 5.74) is 0. The molecule has 0 aromatic carbocycles. The summed E-state index contributed by atoms with van der Waals surface area (Å²) in [4.78, 5) is 13.4. The maximum atomic E-state index is 11.1. The fourth-order valence-corrected chi connectivity index (χ4v) is 2.48. The SMILES string of the molecule is C=CCN(CC=C)[C@@H]1CCC[C@H]1NC(C)=O. The molecule has 0 heterocycles. The molecular weight excluding hydrogens is 200 g/mol. The summed E-state index contributed by atoms with van der Waals surface area (Å²) in [6.07, 6.45) is 7.22. The van der Waals surface area contributed by atoms with Crippen LogP contribution in [0.15, 0.2) is 25.3 Å². The molecule has 1 saturated carbocycles. The zero-order valence-electron chi connectivity index (χ0n) is 10.1. The minimum Gasteiger partial charge on any atom is -0.352 e. The van der Waals surface area contributed by atoms with E-state index in [0.29, 0.717) is 6.04 Å². The average molecular weight is 222 g/mol. The van der Waals surface area contributed by atoms with E-state index in [0.717, 1.165) is 25.9 Å². The molecular formula is C13H22N2O. The van der Waals surface area contributed by atoms with Crippen LogP contribution in [-0.4, -0.2) is 36.0 Å². The molecule has 1 amide bonds. The Kier molecular flexibility index (Phi) is 5.26. The summed E-state index contributed by atoms with van der Waals surface area (Å²) >= 11 is 0. The first-order valence-electron chi connectivity index (χ1n) is 5.92. The van der Waals surface area contributed by atoms with Crippen molar-refractivity contribution in [3.05, 3.63) is 25.3 Å². The lowest BCUT2D eigenvalue weighted by Crippen LogP contribution is -2.48. The lowest BCUT2D eigenvalue weighted by Gasteiger charge is -2.31. The smallest absolute Gasteiger partial charge is 0.217 e. The minimum absolute atomic E-state index is 0.0639. The van der Waals surface area contributed by atoms with Gasteiger partial charge in [-0.15, -0.1) is 13.2 Å². The largest absolute Gasteiger partial charge is 0.352 e. The first-order valence-corrected chi connectivity index (χ1v) is 5.92. The molecule has 1 rings (SSSR count). The summed E-state index contributed by atoms with van der Waals surface area (Å²) in [6, 6.07) is 0.720. The van der Waals surface area contributed by atoms with E-state index in [1.165, 1.54) is 6.42 Å². The van der Waals surface area contributed by atoms with E-state index in [4.69, 9.17) is 0 Å². The summed E-state index contributed by atoms with van der Waals surface area (Å²) in [7, 11) is 0. The molecule has 0 aromatic rings. The van der Waals surface area contributed by atoms with E-state index in [-0.39, 0.29) is 11.9 Å². The molecule has 0 unspecified atom stereocenters. The van der Waals surface area contributed by atoms with Gasteiger partial charge in [-0.25, -0.2) is 0 Å². The fourth-order valence-electron chi connectivity index (χ4n) is 2.48. The van der Waals surface area contributed by atoms with Crippen molar-refractivity contribution in [1.29, 1.82) is 0 Å². The van der Waals surface area contributed by atoms with Gasteiger partial charge in [0.05, 0.1) is 0 Å². The Morgan fingerprint density at radius 1 is 1.38 bits per heavy atom. The Hall–Kier alpha value is -1.09. The van der Waals surface area contributed by atoms with Crippen LogP contribution in [0, 0.1) is 0 Å². The van der Waals surface area contributed by atoms with E-state index >= 15 is 0 Å². The van der Waals surface area contributed by atoms with Crippen LogP contribution >= 0.6 is 0 Å². The first kappa shape index (κ1) is 13.0. The molecule has 90 valence electrons.